The van der Waals surface area contributed by atoms with Gasteiger partial charge in [0.05, 0.1) is 31.8 Å². The van der Waals surface area contributed by atoms with Crippen molar-refractivity contribution in [1.29, 1.82) is 0 Å². The Hall–Kier alpha value is -3.00. The Balaban J connectivity index is 1.51. The molecule has 7 heteroatoms. The summed E-state index contributed by atoms with van der Waals surface area (Å²) in [4.78, 5) is 15.7. The molecule has 0 bridgehead atoms. The quantitative estimate of drug-likeness (QED) is 0.349. The van der Waals surface area contributed by atoms with Crippen molar-refractivity contribution in [1.82, 2.24) is 14.9 Å². The second-order valence-electron chi connectivity index (χ2n) is 8.48. The van der Waals surface area contributed by atoms with Crippen LogP contribution in [0.4, 0.5) is 5.82 Å². The van der Waals surface area contributed by atoms with Crippen LogP contribution in [-0.2, 0) is 17.8 Å². The van der Waals surface area contributed by atoms with E-state index in [1.165, 1.54) is 16.7 Å². The lowest BCUT2D eigenvalue weighted by Gasteiger charge is -2.26. The average molecular weight is 475 g/mol. The molecule has 6 nitrogen and oxygen atoms in total. The van der Waals surface area contributed by atoms with Crippen LogP contribution < -0.4 is 9.64 Å². The summed E-state index contributed by atoms with van der Waals surface area (Å²) in [6.45, 7) is 7.53. The van der Waals surface area contributed by atoms with Crippen LogP contribution in [-0.4, -0.2) is 54.8 Å². The summed E-state index contributed by atoms with van der Waals surface area (Å²) in [6.07, 6.45) is 0. The standard InChI is InChI=1S/C27H30N4O2S/c1-3-33-22-11-9-20(10-12-22)17-30(2)26-25-23(21-7-5-4-6-8-21)19-34-27(25)29-24(28-26)18-31-13-15-32-16-14-31/h4-12,19H,3,13-18H2,1-2H3. The molecule has 2 aromatic heterocycles. The van der Waals surface area contributed by atoms with Gasteiger partial charge in [0, 0.05) is 37.6 Å². The van der Waals surface area contributed by atoms with Crippen LogP contribution in [0.3, 0.4) is 0 Å². The molecule has 0 radical (unpaired) electrons. The van der Waals surface area contributed by atoms with E-state index < -0.39 is 0 Å². The Kier molecular flexibility index (Phi) is 7.04. The van der Waals surface area contributed by atoms with Crippen LogP contribution >= 0.6 is 11.3 Å². The number of rotatable bonds is 8. The maximum absolute atomic E-state index is 5.60. The zero-order chi connectivity index (χ0) is 23.3. The van der Waals surface area contributed by atoms with E-state index in [-0.39, 0.29) is 0 Å². The summed E-state index contributed by atoms with van der Waals surface area (Å²) in [6, 6.07) is 18.8. The molecule has 0 N–H and O–H groups in total. The van der Waals surface area contributed by atoms with Gasteiger partial charge in [-0.3, -0.25) is 4.90 Å². The van der Waals surface area contributed by atoms with Gasteiger partial charge in [-0.2, -0.15) is 0 Å². The van der Waals surface area contributed by atoms with Crippen molar-refractivity contribution < 1.29 is 9.47 Å². The van der Waals surface area contributed by atoms with Gasteiger partial charge < -0.3 is 14.4 Å². The SMILES string of the molecule is CCOc1ccc(CN(C)c2nc(CN3CCOCC3)nc3scc(-c4ccccc4)c23)cc1. The first-order valence-corrected chi connectivity index (χ1v) is 12.7. The molecule has 1 saturated heterocycles. The van der Waals surface area contributed by atoms with Gasteiger partial charge >= 0.3 is 0 Å². The van der Waals surface area contributed by atoms with E-state index in [9.17, 15) is 0 Å². The number of hydrogen-bond donors (Lipinski definition) is 0. The highest BCUT2D eigenvalue weighted by atomic mass is 32.1. The maximum atomic E-state index is 5.60. The monoisotopic (exact) mass is 474 g/mol. The Morgan fingerprint density at radius 3 is 2.53 bits per heavy atom. The van der Waals surface area contributed by atoms with Crippen molar-refractivity contribution in [2.75, 3.05) is 44.9 Å². The lowest BCUT2D eigenvalue weighted by Crippen LogP contribution is -2.36. The second kappa shape index (κ2) is 10.5. The van der Waals surface area contributed by atoms with Crippen molar-refractivity contribution in [3.05, 3.63) is 71.4 Å². The molecule has 0 saturated carbocycles. The van der Waals surface area contributed by atoms with E-state index in [4.69, 9.17) is 19.4 Å². The van der Waals surface area contributed by atoms with Gasteiger partial charge in [-0.1, -0.05) is 42.5 Å². The first kappa shape index (κ1) is 22.8. The van der Waals surface area contributed by atoms with E-state index in [0.717, 1.165) is 67.0 Å². The first-order chi connectivity index (χ1) is 16.7. The van der Waals surface area contributed by atoms with Gasteiger partial charge in [-0.25, -0.2) is 9.97 Å². The molecule has 4 aromatic rings. The third-order valence-corrected chi connectivity index (χ3v) is 6.90. The highest BCUT2D eigenvalue weighted by molar-refractivity contribution is 7.17. The molecule has 5 rings (SSSR count). The van der Waals surface area contributed by atoms with Crippen molar-refractivity contribution in [2.45, 2.75) is 20.0 Å². The summed E-state index contributed by atoms with van der Waals surface area (Å²) < 4.78 is 11.1. The fourth-order valence-electron chi connectivity index (χ4n) is 4.31. The Morgan fingerprint density at radius 2 is 1.79 bits per heavy atom. The normalized spacial score (nSPS) is 14.4. The molecule has 0 amide bonds. The van der Waals surface area contributed by atoms with Gasteiger partial charge in [0.1, 0.15) is 22.2 Å². The van der Waals surface area contributed by atoms with Crippen molar-refractivity contribution in [3.63, 3.8) is 0 Å². The van der Waals surface area contributed by atoms with E-state index in [1.54, 1.807) is 11.3 Å². The predicted molar refractivity (Wildman–Crippen MR) is 139 cm³/mol. The molecule has 3 heterocycles. The Labute approximate surface area is 204 Å². The molecule has 2 aromatic carbocycles. The topological polar surface area (TPSA) is 50.7 Å². The van der Waals surface area contributed by atoms with Crippen molar-refractivity contribution >= 4 is 27.4 Å². The van der Waals surface area contributed by atoms with Gasteiger partial charge in [0.2, 0.25) is 0 Å². The summed E-state index contributed by atoms with van der Waals surface area (Å²) >= 11 is 1.69. The minimum atomic E-state index is 0.671. The summed E-state index contributed by atoms with van der Waals surface area (Å²) in [5, 5.41) is 3.33. The zero-order valence-corrected chi connectivity index (χ0v) is 20.6. The average Bonchev–Trinajstić information content (AvgIpc) is 3.30. The number of ether oxygens (including phenoxy) is 2. The van der Waals surface area contributed by atoms with Crippen LogP contribution in [0.15, 0.2) is 60.0 Å². The third-order valence-electron chi connectivity index (χ3n) is 6.03. The molecule has 34 heavy (non-hydrogen) atoms. The molecule has 1 aliphatic heterocycles. The number of benzene rings is 2. The van der Waals surface area contributed by atoms with Crippen LogP contribution in [0.25, 0.3) is 21.3 Å². The van der Waals surface area contributed by atoms with Crippen LogP contribution in [0.5, 0.6) is 5.75 Å². The lowest BCUT2D eigenvalue weighted by atomic mass is 10.1. The molecule has 0 atom stereocenters. The van der Waals surface area contributed by atoms with E-state index in [2.05, 4.69) is 58.6 Å². The molecule has 0 spiro atoms. The Morgan fingerprint density at radius 1 is 1.03 bits per heavy atom. The predicted octanol–water partition coefficient (Wildman–Crippen LogP) is 5.23. The van der Waals surface area contributed by atoms with Gasteiger partial charge in [0.15, 0.2) is 0 Å². The molecule has 1 aliphatic rings. The Bertz CT molecular complexity index is 1220. The van der Waals surface area contributed by atoms with E-state index in [1.807, 2.05) is 25.1 Å². The van der Waals surface area contributed by atoms with Crippen LogP contribution in [0, 0.1) is 0 Å². The fourth-order valence-corrected chi connectivity index (χ4v) is 5.27. The minimum Gasteiger partial charge on any atom is -0.494 e. The zero-order valence-electron chi connectivity index (χ0n) is 19.7. The minimum absolute atomic E-state index is 0.671. The molecule has 176 valence electrons. The second-order valence-corrected chi connectivity index (χ2v) is 9.34. The number of hydrogen-bond acceptors (Lipinski definition) is 7. The number of thiophene rings is 1. The number of anilines is 1. The molecular formula is C27H30N4O2S. The van der Waals surface area contributed by atoms with Gasteiger partial charge in [-0.05, 0) is 30.2 Å². The largest absolute Gasteiger partial charge is 0.494 e. The van der Waals surface area contributed by atoms with Gasteiger partial charge in [-0.15, -0.1) is 11.3 Å². The van der Waals surface area contributed by atoms with Crippen LogP contribution in [0.2, 0.25) is 0 Å². The highest BCUT2D eigenvalue weighted by Gasteiger charge is 2.20. The molecule has 0 aliphatic carbocycles. The van der Waals surface area contributed by atoms with Crippen molar-refractivity contribution in [2.24, 2.45) is 0 Å². The maximum Gasteiger partial charge on any atom is 0.146 e. The fraction of sp³-hybridized carbons (Fsp3) is 0.333. The van der Waals surface area contributed by atoms with Gasteiger partial charge in [0.25, 0.3) is 0 Å². The third kappa shape index (κ3) is 5.06. The molecule has 1 fully saturated rings. The highest BCUT2D eigenvalue weighted by Crippen LogP contribution is 2.38. The summed E-state index contributed by atoms with van der Waals surface area (Å²) in [7, 11) is 2.11. The van der Waals surface area contributed by atoms with E-state index in [0.29, 0.717) is 6.61 Å². The van der Waals surface area contributed by atoms with Crippen molar-refractivity contribution in [3.8, 4) is 16.9 Å². The smallest absolute Gasteiger partial charge is 0.146 e. The van der Waals surface area contributed by atoms with E-state index >= 15 is 0 Å². The molecular weight excluding hydrogens is 444 g/mol. The summed E-state index contributed by atoms with van der Waals surface area (Å²) in [5.41, 5.74) is 3.59. The number of morpholine rings is 1. The number of nitrogens with zero attached hydrogens (tertiary/aromatic N) is 4. The number of fused-ring (bicyclic) bond motifs is 1. The number of aromatic nitrogens is 2. The lowest BCUT2D eigenvalue weighted by molar-refractivity contribution is 0.0331. The summed E-state index contributed by atoms with van der Waals surface area (Å²) in [5.74, 6) is 2.74. The van der Waals surface area contributed by atoms with Crippen LogP contribution in [0.1, 0.15) is 18.3 Å². The molecule has 0 unspecified atom stereocenters. The first-order valence-electron chi connectivity index (χ1n) is 11.8.